The van der Waals surface area contributed by atoms with Crippen molar-refractivity contribution >= 4 is 16.8 Å². The average Bonchev–Trinajstić information content (AvgIpc) is 3.69. The van der Waals surface area contributed by atoms with Gasteiger partial charge in [-0.2, -0.15) is 0 Å². The highest BCUT2D eigenvalue weighted by Gasteiger charge is 2.39. The van der Waals surface area contributed by atoms with Crippen LogP contribution < -0.4 is 14.8 Å². The van der Waals surface area contributed by atoms with E-state index in [4.69, 9.17) is 13.9 Å². The molecule has 2 aliphatic heterocycles. The Hall–Kier alpha value is -3.85. The molecular formula is C27H29N5O4. The van der Waals surface area contributed by atoms with E-state index < -0.39 is 0 Å². The Morgan fingerprint density at radius 3 is 2.50 bits per heavy atom. The number of nitrogens with zero attached hydrogens (tertiary/aromatic N) is 3. The second kappa shape index (κ2) is 8.98. The molecule has 36 heavy (non-hydrogen) atoms. The predicted octanol–water partition coefficient (Wildman–Crippen LogP) is 3.76. The summed E-state index contributed by atoms with van der Waals surface area (Å²) in [7, 11) is 3.26. The molecule has 2 fully saturated rings. The molecule has 2 aliphatic rings. The van der Waals surface area contributed by atoms with E-state index in [2.05, 4.69) is 27.4 Å². The fourth-order valence-corrected chi connectivity index (χ4v) is 5.57. The van der Waals surface area contributed by atoms with Gasteiger partial charge in [-0.25, -0.2) is 0 Å². The summed E-state index contributed by atoms with van der Waals surface area (Å²) in [6, 6.07) is 11.9. The number of benzene rings is 2. The van der Waals surface area contributed by atoms with Crippen molar-refractivity contribution in [1.82, 2.24) is 25.4 Å². The van der Waals surface area contributed by atoms with Crippen molar-refractivity contribution in [2.45, 2.75) is 13.3 Å². The molecule has 6 rings (SSSR count). The molecule has 0 radical (unpaired) electrons. The maximum absolute atomic E-state index is 13.0. The molecule has 2 saturated heterocycles. The Balaban J connectivity index is 1.31. The Morgan fingerprint density at radius 2 is 1.78 bits per heavy atom. The highest BCUT2D eigenvalue weighted by atomic mass is 16.5. The van der Waals surface area contributed by atoms with Gasteiger partial charge < -0.3 is 29.1 Å². The normalized spacial score (nSPS) is 19.1. The Labute approximate surface area is 208 Å². The number of aromatic amines is 1. The number of aryl methyl sites for hydroxylation is 1. The second-order valence-corrected chi connectivity index (χ2v) is 9.46. The van der Waals surface area contributed by atoms with Gasteiger partial charge in [0, 0.05) is 53.9 Å². The molecular weight excluding hydrogens is 458 g/mol. The van der Waals surface area contributed by atoms with Crippen molar-refractivity contribution in [1.29, 1.82) is 0 Å². The van der Waals surface area contributed by atoms with Crippen LogP contribution in [-0.4, -0.2) is 66.4 Å². The lowest BCUT2D eigenvalue weighted by atomic mass is 10.0. The summed E-state index contributed by atoms with van der Waals surface area (Å²) in [5.41, 5.74) is 5.00. The van der Waals surface area contributed by atoms with Gasteiger partial charge in [-0.15, -0.1) is 10.2 Å². The van der Waals surface area contributed by atoms with Gasteiger partial charge in [0.1, 0.15) is 0 Å². The van der Waals surface area contributed by atoms with Gasteiger partial charge in [0.15, 0.2) is 11.5 Å². The molecule has 2 aromatic carbocycles. The van der Waals surface area contributed by atoms with Crippen molar-refractivity contribution < 1.29 is 18.7 Å². The lowest BCUT2D eigenvalue weighted by Crippen LogP contribution is -2.32. The molecule has 9 heteroatoms. The molecule has 1 amide bonds. The summed E-state index contributed by atoms with van der Waals surface area (Å²) in [5.74, 6) is 2.60. The first-order valence-electron chi connectivity index (χ1n) is 12.3. The summed E-state index contributed by atoms with van der Waals surface area (Å²) in [6.07, 6.45) is 0.826. The lowest BCUT2D eigenvalue weighted by molar-refractivity contribution is 0.0742. The zero-order valence-electron chi connectivity index (χ0n) is 20.6. The predicted molar refractivity (Wildman–Crippen MR) is 135 cm³/mol. The topological polar surface area (TPSA) is 106 Å². The van der Waals surface area contributed by atoms with Crippen molar-refractivity contribution in [3.05, 3.63) is 47.9 Å². The number of nitrogens with one attached hydrogen (secondary N) is 2. The van der Waals surface area contributed by atoms with Crippen LogP contribution in [0, 0.1) is 11.8 Å². The number of fused-ring (bicyclic) bond motifs is 2. The standard InChI is InChI=1S/C27H29N5O4/c1-4-19-20-9-16(5-7-21(20)29-24(19)15-6-8-22(34-2)23(10-15)35-3)25-30-31-26(36-25)27(33)32-13-17-11-28-12-18(17)14-32/h5-10,17-18,28-29H,4,11-14H2,1-3H3. The molecule has 4 aromatic rings. The van der Waals surface area contributed by atoms with Crippen molar-refractivity contribution in [3.8, 4) is 34.2 Å². The minimum atomic E-state index is -0.184. The third-order valence-electron chi connectivity index (χ3n) is 7.46. The number of carbonyl (C=O) groups is 1. The second-order valence-electron chi connectivity index (χ2n) is 9.46. The molecule has 2 unspecified atom stereocenters. The van der Waals surface area contributed by atoms with Gasteiger partial charge >= 0.3 is 11.8 Å². The van der Waals surface area contributed by atoms with Crippen LogP contribution in [0.3, 0.4) is 0 Å². The molecule has 0 spiro atoms. The van der Waals surface area contributed by atoms with E-state index in [1.54, 1.807) is 14.2 Å². The molecule has 2 N–H and O–H groups in total. The van der Waals surface area contributed by atoms with Gasteiger partial charge in [-0.3, -0.25) is 4.79 Å². The highest BCUT2D eigenvalue weighted by Crippen LogP contribution is 2.37. The van der Waals surface area contributed by atoms with Gasteiger partial charge in [-0.1, -0.05) is 6.92 Å². The fraction of sp³-hybridized carbons (Fsp3) is 0.370. The smallest absolute Gasteiger partial charge is 0.311 e. The third-order valence-corrected chi connectivity index (χ3v) is 7.46. The van der Waals surface area contributed by atoms with E-state index in [1.165, 1.54) is 5.56 Å². The number of methoxy groups -OCH3 is 2. The number of hydrogen-bond donors (Lipinski definition) is 2. The van der Waals surface area contributed by atoms with E-state index in [-0.39, 0.29) is 11.8 Å². The summed E-state index contributed by atoms with van der Waals surface area (Å²) < 4.78 is 16.8. The average molecular weight is 488 g/mol. The van der Waals surface area contributed by atoms with Crippen LogP contribution in [0.15, 0.2) is 40.8 Å². The fourth-order valence-electron chi connectivity index (χ4n) is 5.57. The maximum atomic E-state index is 13.0. The molecule has 0 saturated carbocycles. The van der Waals surface area contributed by atoms with Gasteiger partial charge in [-0.05, 0) is 60.2 Å². The molecule has 0 bridgehead atoms. The van der Waals surface area contributed by atoms with E-state index in [1.807, 2.05) is 41.3 Å². The van der Waals surface area contributed by atoms with Crippen molar-refractivity contribution in [2.24, 2.45) is 11.8 Å². The summed E-state index contributed by atoms with van der Waals surface area (Å²) >= 11 is 0. The molecule has 2 aromatic heterocycles. The number of hydrogen-bond acceptors (Lipinski definition) is 7. The van der Waals surface area contributed by atoms with E-state index >= 15 is 0 Å². The number of likely N-dealkylation sites (tertiary alicyclic amines) is 1. The van der Waals surface area contributed by atoms with E-state index in [9.17, 15) is 4.79 Å². The molecule has 9 nitrogen and oxygen atoms in total. The Kier molecular flexibility index (Phi) is 5.64. The highest BCUT2D eigenvalue weighted by molar-refractivity contribution is 5.94. The maximum Gasteiger partial charge on any atom is 0.311 e. The molecule has 4 heterocycles. The number of rotatable bonds is 6. The van der Waals surface area contributed by atoms with Gasteiger partial charge in [0.25, 0.3) is 0 Å². The van der Waals surface area contributed by atoms with Crippen LogP contribution in [-0.2, 0) is 6.42 Å². The zero-order valence-corrected chi connectivity index (χ0v) is 20.6. The summed E-state index contributed by atoms with van der Waals surface area (Å²) in [6.45, 7) is 5.53. The molecule has 0 aliphatic carbocycles. The monoisotopic (exact) mass is 487 g/mol. The first-order valence-corrected chi connectivity index (χ1v) is 12.3. The van der Waals surface area contributed by atoms with Crippen molar-refractivity contribution in [2.75, 3.05) is 40.4 Å². The largest absolute Gasteiger partial charge is 0.493 e. The Bertz CT molecular complexity index is 1430. The van der Waals surface area contributed by atoms with Crippen LogP contribution in [0.2, 0.25) is 0 Å². The van der Waals surface area contributed by atoms with Crippen LogP contribution in [0.5, 0.6) is 11.5 Å². The quantitative estimate of drug-likeness (QED) is 0.427. The lowest BCUT2D eigenvalue weighted by Gasteiger charge is -2.14. The first-order chi connectivity index (χ1) is 17.6. The van der Waals surface area contributed by atoms with E-state index in [0.717, 1.165) is 60.3 Å². The molecule has 2 atom stereocenters. The van der Waals surface area contributed by atoms with Crippen LogP contribution in [0.1, 0.15) is 23.2 Å². The van der Waals surface area contributed by atoms with Gasteiger partial charge in [0.2, 0.25) is 5.89 Å². The van der Waals surface area contributed by atoms with Crippen molar-refractivity contribution in [3.63, 3.8) is 0 Å². The first kappa shape index (κ1) is 22.6. The molecule has 186 valence electrons. The Morgan fingerprint density at radius 1 is 1.03 bits per heavy atom. The number of amides is 1. The third kappa shape index (κ3) is 3.71. The van der Waals surface area contributed by atoms with E-state index in [0.29, 0.717) is 29.2 Å². The minimum Gasteiger partial charge on any atom is -0.493 e. The number of H-pyrrole nitrogens is 1. The van der Waals surface area contributed by atoms with Gasteiger partial charge in [0.05, 0.1) is 14.2 Å². The van der Waals surface area contributed by atoms with Crippen LogP contribution >= 0.6 is 0 Å². The zero-order chi connectivity index (χ0) is 24.8. The SMILES string of the molecule is CCc1c(-c2ccc(OC)c(OC)c2)[nH]c2ccc(-c3nnc(C(=O)N4CC5CNCC5C4)o3)cc12. The van der Waals surface area contributed by atoms with Crippen LogP contribution in [0.25, 0.3) is 33.6 Å². The number of ether oxygens (including phenoxy) is 2. The number of carbonyl (C=O) groups excluding carboxylic acids is 1. The number of aromatic nitrogens is 3. The summed E-state index contributed by atoms with van der Waals surface area (Å²) in [5, 5.41) is 12.8. The summed E-state index contributed by atoms with van der Waals surface area (Å²) in [4.78, 5) is 18.4. The van der Waals surface area contributed by atoms with Crippen LogP contribution in [0.4, 0.5) is 0 Å². The minimum absolute atomic E-state index is 0.0498.